The summed E-state index contributed by atoms with van der Waals surface area (Å²) in [5.74, 6) is 4.46. The van der Waals surface area contributed by atoms with Crippen molar-refractivity contribution in [1.82, 2.24) is 5.43 Å². The van der Waals surface area contributed by atoms with E-state index in [2.05, 4.69) is 5.43 Å². The fourth-order valence-corrected chi connectivity index (χ4v) is 1.85. The maximum absolute atomic E-state index is 13.5. The molecule has 0 aliphatic carbocycles. The van der Waals surface area contributed by atoms with Crippen LogP contribution in [0.4, 0.5) is 17.6 Å². The lowest BCUT2D eigenvalue weighted by Gasteiger charge is -2.20. The maximum atomic E-state index is 13.5. The Kier molecular flexibility index (Phi) is 5.31. The summed E-state index contributed by atoms with van der Waals surface area (Å²) in [6, 6.07) is 2.56. The first-order valence-electron chi connectivity index (χ1n) is 6.12. The van der Waals surface area contributed by atoms with Crippen LogP contribution in [0.15, 0.2) is 18.2 Å². The number of halogens is 4. The van der Waals surface area contributed by atoms with Crippen molar-refractivity contribution < 1.29 is 17.6 Å². The van der Waals surface area contributed by atoms with E-state index in [0.29, 0.717) is 17.9 Å². The van der Waals surface area contributed by atoms with Crippen LogP contribution in [-0.4, -0.2) is 0 Å². The monoisotopic (exact) mass is 278 g/mol. The zero-order chi connectivity index (χ0) is 14.6. The highest BCUT2D eigenvalue weighted by Crippen LogP contribution is 2.33. The second kappa shape index (κ2) is 6.34. The summed E-state index contributed by atoms with van der Waals surface area (Å²) in [5, 5.41) is 0. The van der Waals surface area contributed by atoms with Crippen LogP contribution in [0.25, 0.3) is 0 Å². The molecule has 0 saturated carbocycles. The summed E-state index contributed by atoms with van der Waals surface area (Å²) in [7, 11) is 0. The molecule has 0 aromatic heterocycles. The van der Waals surface area contributed by atoms with Gasteiger partial charge in [0.1, 0.15) is 5.82 Å². The molecule has 0 spiro atoms. The Labute approximate surface area is 110 Å². The van der Waals surface area contributed by atoms with Gasteiger partial charge in [-0.3, -0.25) is 11.3 Å². The van der Waals surface area contributed by atoms with Crippen LogP contribution >= 0.6 is 0 Å². The van der Waals surface area contributed by atoms with Crippen molar-refractivity contribution in [1.29, 1.82) is 0 Å². The zero-order valence-electron chi connectivity index (χ0n) is 10.9. The smallest absolute Gasteiger partial charge is 0.271 e. The van der Waals surface area contributed by atoms with Crippen molar-refractivity contribution in [3.8, 4) is 0 Å². The highest BCUT2D eigenvalue weighted by molar-refractivity contribution is 5.28. The molecule has 6 heteroatoms. The summed E-state index contributed by atoms with van der Waals surface area (Å²) in [4.78, 5) is 0. The number of hydrogen-bond acceptors (Lipinski definition) is 2. The molecule has 0 fully saturated rings. The molecular formula is C13H18F4N2. The standard InChI is InChI=1S/C13H18F4N2/c1-3-8(2)6-12(19-18)9-4-5-10(11(14)7-9)13(15,16)17/h4-5,7-8,12,19H,3,6,18H2,1-2H3. The van der Waals surface area contributed by atoms with Gasteiger partial charge in [0, 0.05) is 6.04 Å². The van der Waals surface area contributed by atoms with Crippen molar-refractivity contribution in [2.75, 3.05) is 0 Å². The normalized spacial score (nSPS) is 15.3. The molecule has 2 nitrogen and oxygen atoms in total. The van der Waals surface area contributed by atoms with E-state index >= 15 is 0 Å². The first-order chi connectivity index (χ1) is 8.79. The van der Waals surface area contributed by atoms with Crippen LogP contribution in [0.3, 0.4) is 0 Å². The first kappa shape index (κ1) is 15.9. The molecule has 0 amide bonds. The van der Waals surface area contributed by atoms with E-state index in [1.807, 2.05) is 13.8 Å². The summed E-state index contributed by atoms with van der Waals surface area (Å²) in [6.07, 6.45) is -3.12. The molecule has 1 rings (SSSR count). The molecule has 0 bridgehead atoms. The highest BCUT2D eigenvalue weighted by Gasteiger charge is 2.34. The molecule has 0 saturated heterocycles. The first-order valence-corrected chi connectivity index (χ1v) is 6.12. The van der Waals surface area contributed by atoms with Crippen LogP contribution < -0.4 is 11.3 Å². The van der Waals surface area contributed by atoms with Gasteiger partial charge < -0.3 is 0 Å². The quantitative estimate of drug-likeness (QED) is 0.488. The molecule has 0 aliphatic rings. The predicted molar refractivity (Wildman–Crippen MR) is 65.5 cm³/mol. The zero-order valence-corrected chi connectivity index (χ0v) is 10.9. The molecule has 1 aromatic rings. The van der Waals surface area contributed by atoms with Gasteiger partial charge in [-0.25, -0.2) is 4.39 Å². The Balaban J connectivity index is 2.98. The SMILES string of the molecule is CCC(C)CC(NN)c1ccc(C(F)(F)F)c(F)c1. The number of hydrazine groups is 1. The Hall–Kier alpha value is -1.14. The number of nitrogens with one attached hydrogen (secondary N) is 1. The minimum atomic E-state index is -4.68. The number of benzene rings is 1. The van der Waals surface area contributed by atoms with Crippen molar-refractivity contribution in [2.24, 2.45) is 11.8 Å². The van der Waals surface area contributed by atoms with Gasteiger partial charge in [-0.1, -0.05) is 26.3 Å². The third-order valence-corrected chi connectivity index (χ3v) is 3.24. The lowest BCUT2D eigenvalue weighted by atomic mass is 9.94. The van der Waals surface area contributed by atoms with Crippen LogP contribution in [0.1, 0.15) is 43.9 Å². The van der Waals surface area contributed by atoms with Crippen molar-refractivity contribution in [3.63, 3.8) is 0 Å². The third kappa shape index (κ3) is 4.18. The Morgan fingerprint density at radius 1 is 1.32 bits per heavy atom. The molecule has 2 unspecified atom stereocenters. The number of alkyl halides is 3. The Morgan fingerprint density at radius 3 is 2.37 bits per heavy atom. The Bertz CT molecular complexity index is 418. The summed E-state index contributed by atoms with van der Waals surface area (Å²) >= 11 is 0. The predicted octanol–water partition coefficient (Wildman–Crippen LogP) is 3.79. The van der Waals surface area contributed by atoms with Crippen LogP contribution in [-0.2, 0) is 6.18 Å². The van der Waals surface area contributed by atoms with Gasteiger partial charge >= 0.3 is 6.18 Å². The van der Waals surface area contributed by atoms with Gasteiger partial charge in [-0.2, -0.15) is 13.2 Å². The van der Waals surface area contributed by atoms with E-state index in [1.165, 1.54) is 6.07 Å². The molecule has 19 heavy (non-hydrogen) atoms. The van der Waals surface area contributed by atoms with Gasteiger partial charge in [0.05, 0.1) is 5.56 Å². The van der Waals surface area contributed by atoms with E-state index in [4.69, 9.17) is 5.84 Å². The minimum Gasteiger partial charge on any atom is -0.271 e. The van der Waals surface area contributed by atoms with E-state index in [0.717, 1.165) is 18.6 Å². The molecular weight excluding hydrogens is 260 g/mol. The average Bonchev–Trinajstić information content (AvgIpc) is 2.33. The van der Waals surface area contributed by atoms with Gasteiger partial charge in [-0.15, -0.1) is 0 Å². The fraction of sp³-hybridized carbons (Fsp3) is 0.538. The molecule has 0 aliphatic heterocycles. The maximum Gasteiger partial charge on any atom is 0.419 e. The molecule has 3 N–H and O–H groups in total. The van der Waals surface area contributed by atoms with Gasteiger partial charge in [0.2, 0.25) is 0 Å². The highest BCUT2D eigenvalue weighted by atomic mass is 19.4. The van der Waals surface area contributed by atoms with Crippen LogP contribution in [0.5, 0.6) is 0 Å². The van der Waals surface area contributed by atoms with Crippen molar-refractivity contribution in [3.05, 3.63) is 35.1 Å². The lowest BCUT2D eigenvalue weighted by molar-refractivity contribution is -0.140. The van der Waals surface area contributed by atoms with E-state index < -0.39 is 17.6 Å². The molecule has 108 valence electrons. The van der Waals surface area contributed by atoms with Gasteiger partial charge in [-0.05, 0) is 30.0 Å². The van der Waals surface area contributed by atoms with Crippen molar-refractivity contribution >= 4 is 0 Å². The molecule has 1 aromatic carbocycles. The summed E-state index contributed by atoms with van der Waals surface area (Å²) in [6.45, 7) is 4.01. The lowest BCUT2D eigenvalue weighted by Crippen LogP contribution is -2.29. The van der Waals surface area contributed by atoms with E-state index in [-0.39, 0.29) is 6.04 Å². The molecule has 0 radical (unpaired) electrons. The van der Waals surface area contributed by atoms with Crippen LogP contribution in [0.2, 0.25) is 0 Å². The summed E-state index contributed by atoms with van der Waals surface area (Å²) < 4.78 is 50.8. The fourth-order valence-electron chi connectivity index (χ4n) is 1.85. The number of hydrogen-bond donors (Lipinski definition) is 2. The Morgan fingerprint density at radius 2 is 1.95 bits per heavy atom. The van der Waals surface area contributed by atoms with E-state index in [1.54, 1.807) is 0 Å². The minimum absolute atomic E-state index is 0.339. The van der Waals surface area contributed by atoms with Gasteiger partial charge in [0.15, 0.2) is 0 Å². The average molecular weight is 278 g/mol. The van der Waals surface area contributed by atoms with Gasteiger partial charge in [0.25, 0.3) is 0 Å². The molecule has 0 heterocycles. The largest absolute Gasteiger partial charge is 0.419 e. The third-order valence-electron chi connectivity index (χ3n) is 3.24. The number of nitrogens with two attached hydrogens (primary N) is 1. The second-order valence-corrected chi connectivity index (χ2v) is 4.71. The van der Waals surface area contributed by atoms with Crippen molar-refractivity contribution in [2.45, 2.75) is 38.9 Å². The number of rotatable bonds is 5. The second-order valence-electron chi connectivity index (χ2n) is 4.71. The van der Waals surface area contributed by atoms with E-state index in [9.17, 15) is 17.6 Å². The summed E-state index contributed by atoms with van der Waals surface area (Å²) in [5.41, 5.74) is 1.69. The topological polar surface area (TPSA) is 38.0 Å². The van der Waals surface area contributed by atoms with Crippen LogP contribution in [0, 0.1) is 11.7 Å². The molecule has 2 atom stereocenters.